The van der Waals surface area contributed by atoms with E-state index in [1.54, 1.807) is 60.9 Å². The number of carbonyl (C=O) groups excluding carboxylic acids is 2. The van der Waals surface area contributed by atoms with Crippen LogP contribution in [-0.2, 0) is 15.0 Å². The summed E-state index contributed by atoms with van der Waals surface area (Å²) in [5, 5.41) is 12.0. The van der Waals surface area contributed by atoms with Gasteiger partial charge in [0, 0.05) is 23.1 Å². The molecular weight excluding hydrogens is 452 g/mol. The Morgan fingerprint density at radius 2 is 1.79 bits per heavy atom. The van der Waals surface area contributed by atoms with E-state index < -0.39 is 17.7 Å². The highest BCUT2D eigenvalue weighted by atomic mass is 35.5. The van der Waals surface area contributed by atoms with Gasteiger partial charge >= 0.3 is 0 Å². The lowest BCUT2D eigenvalue weighted by atomic mass is 9.85. The second-order valence-electron chi connectivity index (χ2n) is 9.10. The minimum atomic E-state index is -0.877. The van der Waals surface area contributed by atoms with E-state index in [-0.39, 0.29) is 16.7 Å². The van der Waals surface area contributed by atoms with Crippen molar-refractivity contribution in [1.29, 1.82) is 0 Å². The molecule has 1 aliphatic heterocycles. The van der Waals surface area contributed by atoms with Gasteiger partial charge in [-0.25, -0.2) is 0 Å². The van der Waals surface area contributed by atoms with Gasteiger partial charge in [-0.3, -0.25) is 19.5 Å². The van der Waals surface area contributed by atoms with Crippen LogP contribution in [0.3, 0.4) is 0 Å². The molecule has 0 aliphatic carbocycles. The number of benzene rings is 2. The summed E-state index contributed by atoms with van der Waals surface area (Å²) in [7, 11) is 1.49. The predicted molar refractivity (Wildman–Crippen MR) is 132 cm³/mol. The number of ether oxygens (including phenoxy) is 1. The molecule has 1 N–H and O–H groups in total. The van der Waals surface area contributed by atoms with Crippen molar-refractivity contribution in [2.24, 2.45) is 0 Å². The molecular formula is C27H25ClN2O4. The highest BCUT2D eigenvalue weighted by Gasteiger charge is 2.47. The van der Waals surface area contributed by atoms with Gasteiger partial charge in [-0.05, 0) is 59.0 Å². The number of rotatable bonds is 4. The molecule has 2 aromatic carbocycles. The van der Waals surface area contributed by atoms with E-state index in [1.807, 2.05) is 26.8 Å². The third-order valence-corrected chi connectivity index (χ3v) is 6.12. The quantitative estimate of drug-likeness (QED) is 0.298. The molecule has 1 fully saturated rings. The molecule has 1 amide bonds. The van der Waals surface area contributed by atoms with Crippen molar-refractivity contribution in [2.75, 3.05) is 12.0 Å². The van der Waals surface area contributed by atoms with E-state index in [4.69, 9.17) is 16.3 Å². The molecule has 1 aliphatic rings. The largest absolute Gasteiger partial charge is 0.507 e. The molecule has 174 valence electrons. The van der Waals surface area contributed by atoms with E-state index in [1.165, 1.54) is 12.0 Å². The SMILES string of the molecule is COc1ccc(C(C)(C)C)cc1/C(O)=C1\C(=O)C(=O)N(c2ccc(Cl)cc2)C1c1cccnc1. The molecule has 1 aromatic heterocycles. The second kappa shape index (κ2) is 8.95. The Kier molecular flexibility index (Phi) is 6.19. The number of aromatic nitrogens is 1. The van der Waals surface area contributed by atoms with Gasteiger partial charge in [0.15, 0.2) is 0 Å². The zero-order valence-corrected chi connectivity index (χ0v) is 20.1. The van der Waals surface area contributed by atoms with Gasteiger partial charge < -0.3 is 9.84 Å². The smallest absolute Gasteiger partial charge is 0.300 e. The molecule has 0 saturated carbocycles. The molecule has 2 heterocycles. The Morgan fingerprint density at radius 3 is 2.38 bits per heavy atom. The van der Waals surface area contributed by atoms with Crippen LogP contribution in [0.1, 0.15) is 43.5 Å². The topological polar surface area (TPSA) is 79.7 Å². The summed E-state index contributed by atoms with van der Waals surface area (Å²) < 4.78 is 5.49. The number of hydrogen-bond acceptors (Lipinski definition) is 5. The van der Waals surface area contributed by atoms with Crippen molar-refractivity contribution < 1.29 is 19.4 Å². The Hall–Kier alpha value is -3.64. The zero-order chi connectivity index (χ0) is 24.6. The molecule has 34 heavy (non-hydrogen) atoms. The summed E-state index contributed by atoms with van der Waals surface area (Å²) in [6.07, 6.45) is 3.18. The van der Waals surface area contributed by atoms with Crippen molar-refractivity contribution in [2.45, 2.75) is 32.2 Å². The van der Waals surface area contributed by atoms with Gasteiger partial charge in [0.05, 0.1) is 24.3 Å². The van der Waals surface area contributed by atoms with E-state index in [9.17, 15) is 14.7 Å². The van der Waals surface area contributed by atoms with Crippen molar-refractivity contribution >= 4 is 34.7 Å². The van der Waals surface area contributed by atoms with Crippen LogP contribution in [0.4, 0.5) is 5.69 Å². The van der Waals surface area contributed by atoms with E-state index in [2.05, 4.69) is 4.98 Å². The molecule has 7 heteroatoms. The number of amides is 1. The number of halogens is 1. The standard InChI is InChI=1S/C27H25ClN2O4/c1-27(2,3)17-7-12-21(34-4)20(14-17)24(31)22-23(16-6-5-13-29-15-16)30(26(33)25(22)32)19-10-8-18(28)9-11-19/h5-15,23,31H,1-4H3/b24-22+. The zero-order valence-electron chi connectivity index (χ0n) is 19.4. The Morgan fingerprint density at radius 1 is 1.09 bits per heavy atom. The van der Waals surface area contributed by atoms with Gasteiger partial charge in [0.25, 0.3) is 11.7 Å². The summed E-state index contributed by atoms with van der Waals surface area (Å²) in [5.41, 5.74) is 2.12. The van der Waals surface area contributed by atoms with E-state index in [0.29, 0.717) is 27.6 Å². The number of pyridine rings is 1. The Labute approximate surface area is 203 Å². The van der Waals surface area contributed by atoms with Crippen molar-refractivity contribution in [1.82, 2.24) is 4.98 Å². The minimum Gasteiger partial charge on any atom is -0.507 e. The number of aliphatic hydroxyl groups is 1. The summed E-state index contributed by atoms with van der Waals surface area (Å²) in [6, 6.07) is 14.7. The minimum absolute atomic E-state index is 0.0303. The molecule has 0 bridgehead atoms. The van der Waals surface area contributed by atoms with Crippen LogP contribution in [0.2, 0.25) is 5.02 Å². The molecule has 6 nitrogen and oxygen atoms in total. The number of carbonyl (C=O) groups is 2. The first-order valence-corrected chi connectivity index (χ1v) is 11.2. The normalized spacial score (nSPS) is 17.8. The van der Waals surface area contributed by atoms with Gasteiger partial charge in [-0.1, -0.05) is 44.5 Å². The fraction of sp³-hybridized carbons (Fsp3) is 0.222. The number of methoxy groups -OCH3 is 1. The maximum atomic E-state index is 13.3. The molecule has 0 spiro atoms. The third kappa shape index (κ3) is 4.17. The van der Waals surface area contributed by atoms with E-state index in [0.717, 1.165) is 5.56 Å². The van der Waals surface area contributed by atoms with Gasteiger partial charge in [-0.15, -0.1) is 0 Å². The summed E-state index contributed by atoms with van der Waals surface area (Å²) >= 11 is 6.04. The lowest BCUT2D eigenvalue weighted by molar-refractivity contribution is -0.132. The Balaban J connectivity index is 1.98. The molecule has 0 radical (unpaired) electrons. The van der Waals surface area contributed by atoms with Gasteiger partial charge in [0.1, 0.15) is 11.5 Å². The molecule has 1 atom stereocenters. The number of anilines is 1. The van der Waals surface area contributed by atoms with Crippen molar-refractivity contribution in [3.05, 3.63) is 94.3 Å². The van der Waals surface area contributed by atoms with Crippen LogP contribution in [0, 0.1) is 0 Å². The third-order valence-electron chi connectivity index (χ3n) is 5.87. The van der Waals surface area contributed by atoms with Gasteiger partial charge in [-0.2, -0.15) is 0 Å². The number of aliphatic hydroxyl groups excluding tert-OH is 1. The fourth-order valence-corrected chi connectivity index (χ4v) is 4.18. The summed E-state index contributed by atoms with van der Waals surface area (Å²) in [5.74, 6) is -1.44. The van der Waals surface area contributed by atoms with Crippen LogP contribution in [0.5, 0.6) is 5.75 Å². The van der Waals surface area contributed by atoms with Crippen LogP contribution in [-0.4, -0.2) is 28.9 Å². The number of Topliss-reactive ketones (excluding diaryl/α,β-unsaturated/α-hetero) is 1. The van der Waals surface area contributed by atoms with Crippen LogP contribution in [0.25, 0.3) is 5.76 Å². The molecule has 1 saturated heterocycles. The molecule has 1 unspecified atom stereocenters. The highest BCUT2D eigenvalue weighted by molar-refractivity contribution is 6.51. The average molecular weight is 477 g/mol. The predicted octanol–water partition coefficient (Wildman–Crippen LogP) is 5.67. The second-order valence-corrected chi connectivity index (χ2v) is 9.53. The first-order valence-electron chi connectivity index (χ1n) is 10.8. The lowest BCUT2D eigenvalue weighted by Crippen LogP contribution is -2.29. The van der Waals surface area contributed by atoms with Crippen LogP contribution in [0.15, 0.2) is 72.6 Å². The van der Waals surface area contributed by atoms with E-state index >= 15 is 0 Å². The van der Waals surface area contributed by atoms with Crippen molar-refractivity contribution in [3.8, 4) is 5.75 Å². The maximum Gasteiger partial charge on any atom is 0.300 e. The summed E-state index contributed by atoms with van der Waals surface area (Å²) in [6.45, 7) is 6.15. The first kappa shape index (κ1) is 23.5. The van der Waals surface area contributed by atoms with Gasteiger partial charge in [0.2, 0.25) is 0 Å². The number of hydrogen-bond donors (Lipinski definition) is 1. The number of ketones is 1. The van der Waals surface area contributed by atoms with Crippen LogP contribution >= 0.6 is 11.6 Å². The molecule has 3 aromatic rings. The summed E-state index contributed by atoms with van der Waals surface area (Å²) in [4.78, 5) is 32.1. The average Bonchev–Trinajstić information content (AvgIpc) is 3.09. The highest BCUT2D eigenvalue weighted by Crippen LogP contribution is 2.43. The lowest BCUT2D eigenvalue weighted by Gasteiger charge is -2.25. The number of nitrogens with zero attached hydrogens (tertiary/aromatic N) is 2. The first-order chi connectivity index (χ1) is 16.1. The molecule has 4 rings (SSSR count). The maximum absolute atomic E-state index is 13.3. The van der Waals surface area contributed by atoms with Crippen LogP contribution < -0.4 is 9.64 Å². The Bertz CT molecular complexity index is 1280. The fourth-order valence-electron chi connectivity index (χ4n) is 4.06. The van der Waals surface area contributed by atoms with Crippen molar-refractivity contribution in [3.63, 3.8) is 0 Å². The monoisotopic (exact) mass is 476 g/mol.